The summed E-state index contributed by atoms with van der Waals surface area (Å²) in [6.45, 7) is 7.33. The zero-order chi connectivity index (χ0) is 21.6. The zero-order valence-electron chi connectivity index (χ0n) is 17.0. The summed E-state index contributed by atoms with van der Waals surface area (Å²) in [5.41, 5.74) is 1.68. The van der Waals surface area contributed by atoms with Gasteiger partial charge in [0, 0.05) is 5.69 Å². The van der Waals surface area contributed by atoms with Crippen LogP contribution in [0.2, 0.25) is 0 Å². The Kier molecular flexibility index (Phi) is 7.28. The van der Waals surface area contributed by atoms with E-state index in [0.717, 1.165) is 16.1 Å². The van der Waals surface area contributed by atoms with Gasteiger partial charge in [0.25, 0.3) is 0 Å². The number of amides is 1. The minimum absolute atomic E-state index is 0.311. The highest BCUT2D eigenvalue weighted by Crippen LogP contribution is 2.33. The van der Waals surface area contributed by atoms with Crippen LogP contribution >= 0.6 is 0 Å². The lowest BCUT2D eigenvalue weighted by atomic mass is 10.2. The van der Waals surface area contributed by atoms with Crippen molar-refractivity contribution in [2.75, 3.05) is 29.6 Å². The summed E-state index contributed by atoms with van der Waals surface area (Å²) in [6.07, 6.45) is 2.70. The number of nitrogens with zero attached hydrogens (tertiary/aromatic N) is 1. The molecule has 7 nitrogen and oxygen atoms in total. The molecule has 0 saturated heterocycles. The van der Waals surface area contributed by atoms with Crippen molar-refractivity contribution in [2.24, 2.45) is 0 Å². The first-order valence-corrected chi connectivity index (χ1v) is 10.8. The number of rotatable bonds is 9. The van der Waals surface area contributed by atoms with Crippen molar-refractivity contribution in [2.45, 2.75) is 19.9 Å². The second-order valence-corrected chi connectivity index (χ2v) is 8.38. The Morgan fingerprint density at radius 2 is 1.90 bits per heavy atom. The Balaban J connectivity index is 2.28. The maximum absolute atomic E-state index is 12.8. The molecule has 0 fully saturated rings. The Hall–Kier alpha value is -3.00. The molecule has 0 heterocycles. The van der Waals surface area contributed by atoms with E-state index in [-0.39, 0.29) is 0 Å². The maximum atomic E-state index is 12.8. The molecule has 2 aromatic carbocycles. The largest absolute Gasteiger partial charge is 0.495 e. The quantitative estimate of drug-likeness (QED) is 0.631. The van der Waals surface area contributed by atoms with Crippen molar-refractivity contribution >= 4 is 27.3 Å². The van der Waals surface area contributed by atoms with E-state index in [1.165, 1.54) is 14.0 Å². The minimum Gasteiger partial charge on any atom is -0.495 e. The summed E-state index contributed by atoms with van der Waals surface area (Å²) in [6, 6.07) is 10.9. The van der Waals surface area contributed by atoms with Gasteiger partial charge in [-0.05, 0) is 55.8 Å². The zero-order valence-corrected chi connectivity index (χ0v) is 17.8. The Morgan fingerprint density at radius 3 is 2.45 bits per heavy atom. The second-order valence-electron chi connectivity index (χ2n) is 6.52. The third-order valence-corrected chi connectivity index (χ3v) is 5.38. The summed E-state index contributed by atoms with van der Waals surface area (Å²) in [5.74, 6) is 0.529. The summed E-state index contributed by atoms with van der Waals surface area (Å²) in [7, 11) is -2.30. The molecule has 2 rings (SSSR count). The second kappa shape index (κ2) is 9.47. The van der Waals surface area contributed by atoms with Gasteiger partial charge in [0.2, 0.25) is 15.9 Å². The van der Waals surface area contributed by atoms with Gasteiger partial charge in [-0.15, -0.1) is 0 Å². The van der Waals surface area contributed by atoms with Crippen LogP contribution in [-0.4, -0.2) is 40.3 Å². The first kappa shape index (κ1) is 22.3. The number of anilines is 2. The van der Waals surface area contributed by atoms with Gasteiger partial charge in [-0.3, -0.25) is 9.10 Å². The van der Waals surface area contributed by atoms with Crippen LogP contribution in [0.5, 0.6) is 11.5 Å². The van der Waals surface area contributed by atoms with Gasteiger partial charge in [0.1, 0.15) is 24.1 Å². The van der Waals surface area contributed by atoms with Crippen LogP contribution in [0.1, 0.15) is 12.5 Å². The van der Waals surface area contributed by atoms with Gasteiger partial charge in [-0.25, -0.2) is 8.42 Å². The molecule has 0 aliphatic carbocycles. The fourth-order valence-corrected chi connectivity index (χ4v) is 3.96. The molecule has 29 heavy (non-hydrogen) atoms. The number of carbonyl (C=O) groups excluding carboxylic acids is 1. The van der Waals surface area contributed by atoms with Crippen LogP contribution < -0.4 is 19.1 Å². The number of benzene rings is 2. The van der Waals surface area contributed by atoms with Crippen LogP contribution in [0.15, 0.2) is 55.1 Å². The highest BCUT2D eigenvalue weighted by Gasteiger charge is 2.31. The van der Waals surface area contributed by atoms with Crippen LogP contribution in [0, 0.1) is 6.92 Å². The normalized spacial score (nSPS) is 12.0. The molecule has 2 aromatic rings. The third-order valence-electron chi connectivity index (χ3n) is 4.15. The molecule has 1 unspecified atom stereocenters. The van der Waals surface area contributed by atoms with Crippen LogP contribution in [0.3, 0.4) is 0 Å². The van der Waals surface area contributed by atoms with Crippen LogP contribution in [-0.2, 0) is 14.8 Å². The van der Waals surface area contributed by atoms with Crippen molar-refractivity contribution in [3.8, 4) is 11.5 Å². The molecule has 0 saturated carbocycles. The van der Waals surface area contributed by atoms with Gasteiger partial charge in [0.15, 0.2) is 0 Å². The van der Waals surface area contributed by atoms with Crippen LogP contribution in [0.25, 0.3) is 0 Å². The lowest BCUT2D eigenvalue weighted by Gasteiger charge is -2.29. The average Bonchev–Trinajstić information content (AvgIpc) is 2.66. The van der Waals surface area contributed by atoms with Crippen LogP contribution in [0.4, 0.5) is 11.4 Å². The van der Waals surface area contributed by atoms with Gasteiger partial charge in [-0.2, -0.15) is 0 Å². The summed E-state index contributed by atoms with van der Waals surface area (Å²) in [4.78, 5) is 12.8. The smallest absolute Gasteiger partial charge is 0.247 e. The molecule has 1 amide bonds. The fourth-order valence-electron chi connectivity index (χ4n) is 2.79. The molecule has 0 radical (unpaired) electrons. The molecule has 0 bridgehead atoms. The summed E-state index contributed by atoms with van der Waals surface area (Å²) < 4.78 is 36.8. The van der Waals surface area contributed by atoms with Gasteiger partial charge >= 0.3 is 0 Å². The average molecular weight is 419 g/mol. The van der Waals surface area contributed by atoms with Crippen molar-refractivity contribution in [1.29, 1.82) is 0 Å². The van der Waals surface area contributed by atoms with E-state index in [1.54, 1.807) is 42.5 Å². The lowest BCUT2D eigenvalue weighted by Crippen LogP contribution is -2.45. The Bertz CT molecular complexity index is 971. The van der Waals surface area contributed by atoms with Crippen molar-refractivity contribution in [1.82, 2.24) is 0 Å². The molecular weight excluding hydrogens is 392 g/mol. The van der Waals surface area contributed by atoms with E-state index in [1.807, 2.05) is 13.0 Å². The highest BCUT2D eigenvalue weighted by molar-refractivity contribution is 7.92. The SMILES string of the molecule is C=CCOc1ccc(NC(=O)C(C)N(c2cc(C)ccc2OC)S(C)(=O)=O)cc1. The van der Waals surface area contributed by atoms with Gasteiger partial charge < -0.3 is 14.8 Å². The predicted octanol–water partition coefficient (Wildman–Crippen LogP) is 3.36. The number of hydrogen-bond donors (Lipinski definition) is 1. The molecule has 8 heteroatoms. The van der Waals surface area contributed by atoms with E-state index in [9.17, 15) is 13.2 Å². The third kappa shape index (κ3) is 5.74. The number of aryl methyl sites for hydroxylation is 1. The lowest BCUT2D eigenvalue weighted by molar-refractivity contribution is -0.116. The molecule has 0 aromatic heterocycles. The molecule has 0 spiro atoms. The molecule has 1 atom stereocenters. The van der Waals surface area contributed by atoms with Crippen molar-refractivity contribution < 1.29 is 22.7 Å². The number of carbonyl (C=O) groups is 1. The molecule has 1 N–H and O–H groups in total. The number of hydrogen-bond acceptors (Lipinski definition) is 5. The molecule has 156 valence electrons. The topological polar surface area (TPSA) is 84.9 Å². The van der Waals surface area contributed by atoms with E-state index in [2.05, 4.69) is 11.9 Å². The standard InChI is InChI=1S/C21H26N2O5S/c1-6-13-28-18-10-8-17(9-11-18)22-21(24)16(3)23(29(5,25)26)19-14-15(2)7-12-20(19)27-4/h6-12,14,16H,1,13H2,2-5H3,(H,22,24). The van der Waals surface area contributed by atoms with Gasteiger partial charge in [-0.1, -0.05) is 18.7 Å². The maximum Gasteiger partial charge on any atom is 0.247 e. The fraction of sp³-hybridized carbons (Fsp3) is 0.286. The molecule has 0 aliphatic heterocycles. The number of sulfonamides is 1. The van der Waals surface area contributed by atoms with E-state index < -0.39 is 22.0 Å². The van der Waals surface area contributed by atoms with E-state index in [4.69, 9.17) is 9.47 Å². The first-order chi connectivity index (χ1) is 13.7. The van der Waals surface area contributed by atoms with Crippen molar-refractivity contribution in [3.05, 3.63) is 60.7 Å². The highest BCUT2D eigenvalue weighted by atomic mass is 32.2. The minimum atomic E-state index is -3.76. The Labute approximate surface area is 172 Å². The monoisotopic (exact) mass is 418 g/mol. The first-order valence-electron chi connectivity index (χ1n) is 8.96. The summed E-state index contributed by atoms with van der Waals surface area (Å²) in [5, 5.41) is 2.74. The molecular formula is C21H26N2O5S. The van der Waals surface area contributed by atoms with E-state index in [0.29, 0.717) is 29.5 Å². The summed E-state index contributed by atoms with van der Waals surface area (Å²) >= 11 is 0. The number of ether oxygens (including phenoxy) is 2. The number of methoxy groups -OCH3 is 1. The Morgan fingerprint density at radius 1 is 1.24 bits per heavy atom. The van der Waals surface area contributed by atoms with Gasteiger partial charge in [0.05, 0.1) is 19.1 Å². The number of nitrogens with one attached hydrogen (secondary N) is 1. The molecule has 0 aliphatic rings. The predicted molar refractivity (Wildman–Crippen MR) is 115 cm³/mol. The van der Waals surface area contributed by atoms with E-state index >= 15 is 0 Å². The van der Waals surface area contributed by atoms with Crippen molar-refractivity contribution in [3.63, 3.8) is 0 Å².